The fraction of sp³-hybridized carbons (Fsp3) is 1.00. The molecule has 0 atom stereocenters. The van der Waals surface area contributed by atoms with Crippen molar-refractivity contribution < 1.29 is 9.59 Å². The zero-order valence-corrected chi connectivity index (χ0v) is 5.24. The highest BCUT2D eigenvalue weighted by Gasteiger charge is 2.14. The number of aliphatic hydroxyl groups is 1. The maximum absolute atomic E-state index is 11.6. The van der Waals surface area contributed by atoms with E-state index >= 15 is 0 Å². The number of aliphatic hydroxyl groups excluding tert-OH is 1. The second-order valence-electron chi connectivity index (χ2n) is 2.45. The van der Waals surface area contributed by atoms with Crippen molar-refractivity contribution in [2.45, 2.75) is 25.8 Å². The monoisotopic (exact) mass is 121 g/mol. The standard InChI is InChI=1S/C5H12FNO/c1-5(2,7-6)3-4-8/h7-8H,3-4H2,1-2H3. The van der Waals surface area contributed by atoms with Crippen molar-refractivity contribution in [3.63, 3.8) is 0 Å². The summed E-state index contributed by atoms with van der Waals surface area (Å²) in [5, 5.41) is 8.33. The summed E-state index contributed by atoms with van der Waals surface area (Å²) in [6.45, 7) is 3.39. The van der Waals surface area contributed by atoms with Gasteiger partial charge in [-0.15, -0.1) is 4.48 Å². The quantitative estimate of drug-likeness (QED) is 0.536. The number of halogens is 1. The van der Waals surface area contributed by atoms with Gasteiger partial charge in [-0.2, -0.15) is 5.54 Å². The number of hydrogen-bond donors (Lipinski definition) is 2. The molecule has 0 aromatic heterocycles. The van der Waals surface area contributed by atoms with Crippen LogP contribution in [0.15, 0.2) is 0 Å². The number of hydrogen-bond acceptors (Lipinski definition) is 2. The van der Waals surface area contributed by atoms with E-state index in [1.807, 2.05) is 0 Å². The van der Waals surface area contributed by atoms with Crippen molar-refractivity contribution in [1.29, 1.82) is 0 Å². The molecule has 0 aromatic carbocycles. The van der Waals surface area contributed by atoms with Gasteiger partial charge in [0.2, 0.25) is 0 Å². The molecule has 2 nitrogen and oxygen atoms in total. The molecule has 0 amide bonds. The minimum Gasteiger partial charge on any atom is -0.396 e. The van der Waals surface area contributed by atoms with Crippen molar-refractivity contribution in [1.82, 2.24) is 5.54 Å². The van der Waals surface area contributed by atoms with Crippen LogP contribution in [0.4, 0.5) is 4.48 Å². The van der Waals surface area contributed by atoms with Crippen molar-refractivity contribution in [2.75, 3.05) is 6.61 Å². The van der Waals surface area contributed by atoms with Gasteiger partial charge in [-0.3, -0.25) is 0 Å². The predicted molar refractivity (Wildman–Crippen MR) is 30.0 cm³/mol. The van der Waals surface area contributed by atoms with Gasteiger partial charge in [0.05, 0.1) is 0 Å². The molecule has 0 spiro atoms. The molecule has 0 saturated heterocycles. The molecule has 0 aliphatic rings. The maximum atomic E-state index is 11.6. The van der Waals surface area contributed by atoms with Crippen LogP contribution in [-0.4, -0.2) is 17.3 Å². The molecule has 0 saturated carbocycles. The lowest BCUT2D eigenvalue weighted by molar-refractivity contribution is 0.156. The highest BCUT2D eigenvalue weighted by Crippen LogP contribution is 2.05. The fourth-order valence-corrected chi connectivity index (χ4v) is 0.327. The third-order valence-electron chi connectivity index (χ3n) is 0.993. The van der Waals surface area contributed by atoms with Gasteiger partial charge in [0, 0.05) is 12.1 Å². The van der Waals surface area contributed by atoms with Crippen molar-refractivity contribution in [2.24, 2.45) is 0 Å². The van der Waals surface area contributed by atoms with Gasteiger partial charge in [0.15, 0.2) is 0 Å². The van der Waals surface area contributed by atoms with Gasteiger partial charge >= 0.3 is 0 Å². The van der Waals surface area contributed by atoms with Gasteiger partial charge < -0.3 is 5.11 Å². The summed E-state index contributed by atoms with van der Waals surface area (Å²) in [5.74, 6) is 0. The molecule has 50 valence electrons. The third kappa shape index (κ3) is 2.93. The van der Waals surface area contributed by atoms with Crippen LogP contribution in [0.2, 0.25) is 0 Å². The van der Waals surface area contributed by atoms with Gasteiger partial charge in [-0.05, 0) is 20.3 Å². The van der Waals surface area contributed by atoms with Crippen LogP contribution in [0, 0.1) is 0 Å². The van der Waals surface area contributed by atoms with Gasteiger partial charge in [-0.1, -0.05) is 0 Å². The third-order valence-corrected chi connectivity index (χ3v) is 0.993. The van der Waals surface area contributed by atoms with Crippen molar-refractivity contribution in [3.05, 3.63) is 0 Å². The largest absolute Gasteiger partial charge is 0.396 e. The lowest BCUT2D eigenvalue weighted by atomic mass is 10.0. The van der Waals surface area contributed by atoms with Crippen LogP contribution in [0.5, 0.6) is 0 Å². The van der Waals surface area contributed by atoms with Crippen LogP contribution in [-0.2, 0) is 0 Å². The molecule has 0 aromatic rings. The molecule has 0 fully saturated rings. The molecule has 0 rings (SSSR count). The molecular weight excluding hydrogens is 109 g/mol. The van der Waals surface area contributed by atoms with Gasteiger partial charge in [-0.25, -0.2) is 0 Å². The lowest BCUT2D eigenvalue weighted by Crippen LogP contribution is -2.34. The molecule has 3 heteroatoms. The number of nitrogens with one attached hydrogen (secondary N) is 1. The maximum Gasteiger partial charge on any atom is 0.0449 e. The van der Waals surface area contributed by atoms with Crippen LogP contribution in [0.25, 0.3) is 0 Å². The molecule has 8 heavy (non-hydrogen) atoms. The minimum absolute atomic E-state index is 0.0178. The Kier molecular flexibility index (Phi) is 2.94. The summed E-state index contributed by atoms with van der Waals surface area (Å²) in [5.41, 5.74) is 1.01. The zero-order chi connectivity index (χ0) is 6.62. The van der Waals surface area contributed by atoms with E-state index in [0.717, 1.165) is 0 Å². The molecule has 0 aliphatic carbocycles. The van der Waals surface area contributed by atoms with E-state index in [4.69, 9.17) is 5.11 Å². The van der Waals surface area contributed by atoms with E-state index in [1.54, 1.807) is 19.4 Å². The summed E-state index contributed by atoms with van der Waals surface area (Å²) >= 11 is 0. The first-order valence-corrected chi connectivity index (χ1v) is 2.61. The Morgan fingerprint density at radius 2 is 2.12 bits per heavy atom. The summed E-state index contributed by atoms with van der Waals surface area (Å²) in [6, 6.07) is 0. The minimum atomic E-state index is -0.575. The molecule has 2 N–H and O–H groups in total. The molecule has 0 bridgehead atoms. The Morgan fingerprint density at radius 1 is 1.62 bits per heavy atom. The summed E-state index contributed by atoms with van der Waals surface area (Å²) in [7, 11) is 0. The smallest absolute Gasteiger partial charge is 0.0449 e. The van der Waals surface area contributed by atoms with E-state index in [9.17, 15) is 4.48 Å². The SMILES string of the molecule is CC(C)(CCO)NF. The van der Waals surface area contributed by atoms with E-state index < -0.39 is 5.54 Å². The lowest BCUT2D eigenvalue weighted by Gasteiger charge is -2.18. The van der Waals surface area contributed by atoms with Crippen LogP contribution in [0.3, 0.4) is 0 Å². The first kappa shape index (κ1) is 7.85. The Labute approximate surface area is 48.6 Å². The average molecular weight is 121 g/mol. The van der Waals surface area contributed by atoms with Gasteiger partial charge in [0.25, 0.3) is 0 Å². The van der Waals surface area contributed by atoms with E-state index in [-0.39, 0.29) is 6.61 Å². The van der Waals surface area contributed by atoms with Gasteiger partial charge in [0.1, 0.15) is 0 Å². The second kappa shape index (κ2) is 2.99. The van der Waals surface area contributed by atoms with E-state index in [0.29, 0.717) is 6.42 Å². The first-order chi connectivity index (χ1) is 3.62. The normalized spacial score (nSPS) is 12.0. The first-order valence-electron chi connectivity index (χ1n) is 2.61. The number of rotatable bonds is 3. The summed E-state index contributed by atoms with van der Waals surface area (Å²) < 4.78 is 11.6. The fourth-order valence-electron chi connectivity index (χ4n) is 0.327. The van der Waals surface area contributed by atoms with Crippen molar-refractivity contribution in [3.8, 4) is 0 Å². The molecule has 0 aliphatic heterocycles. The summed E-state index contributed by atoms with van der Waals surface area (Å²) in [4.78, 5) is 0. The predicted octanol–water partition coefficient (Wildman–Crippen LogP) is 0.622. The molecular formula is C5H12FNO. The zero-order valence-electron chi connectivity index (χ0n) is 5.24. The Morgan fingerprint density at radius 3 is 2.25 bits per heavy atom. The Bertz CT molecular complexity index is 65.4. The highest BCUT2D eigenvalue weighted by atomic mass is 19.2. The molecule has 0 heterocycles. The van der Waals surface area contributed by atoms with E-state index in [2.05, 4.69) is 0 Å². The Balaban J connectivity index is 3.37. The van der Waals surface area contributed by atoms with Crippen LogP contribution < -0.4 is 5.54 Å². The average Bonchev–Trinajstić information content (AvgIpc) is 1.67. The molecule has 0 radical (unpaired) electrons. The molecule has 0 unspecified atom stereocenters. The van der Waals surface area contributed by atoms with Crippen molar-refractivity contribution >= 4 is 0 Å². The highest BCUT2D eigenvalue weighted by molar-refractivity contribution is 4.71. The van der Waals surface area contributed by atoms with Crippen LogP contribution >= 0.6 is 0 Å². The van der Waals surface area contributed by atoms with Crippen LogP contribution in [0.1, 0.15) is 20.3 Å². The Hall–Kier alpha value is -0.150. The summed E-state index contributed by atoms with van der Waals surface area (Å²) in [6.07, 6.45) is 0.434. The van der Waals surface area contributed by atoms with E-state index in [1.165, 1.54) is 0 Å². The topological polar surface area (TPSA) is 32.3 Å². The second-order valence-corrected chi connectivity index (χ2v) is 2.45.